The summed E-state index contributed by atoms with van der Waals surface area (Å²) in [6.07, 6.45) is 1.80. The lowest BCUT2D eigenvalue weighted by molar-refractivity contribution is -0.129. The smallest absolute Gasteiger partial charge is 0.245 e. The first-order chi connectivity index (χ1) is 12.6. The number of hydrogen-bond acceptors (Lipinski definition) is 4. The lowest BCUT2D eigenvalue weighted by Gasteiger charge is -2.22. The third-order valence-electron chi connectivity index (χ3n) is 4.69. The highest BCUT2D eigenvalue weighted by Gasteiger charge is 2.40. The maximum absolute atomic E-state index is 13.4. The molecule has 0 radical (unpaired) electrons. The van der Waals surface area contributed by atoms with E-state index in [1.807, 2.05) is 0 Å². The molecule has 2 aromatic carbocycles. The number of imidazole rings is 1. The van der Waals surface area contributed by atoms with Crippen molar-refractivity contribution < 1.29 is 13.2 Å². The summed E-state index contributed by atoms with van der Waals surface area (Å²) in [6.45, 7) is 1.19. The predicted molar refractivity (Wildman–Crippen MR) is 98.3 cm³/mol. The van der Waals surface area contributed by atoms with Crippen LogP contribution in [-0.4, -0.2) is 42.3 Å². The minimum Gasteiger partial charge on any atom is -0.341 e. The molecule has 1 atom stereocenters. The van der Waals surface area contributed by atoms with E-state index in [0.29, 0.717) is 29.7 Å². The molecule has 1 N–H and O–H groups in total. The van der Waals surface area contributed by atoms with Gasteiger partial charge >= 0.3 is 0 Å². The van der Waals surface area contributed by atoms with E-state index in [1.54, 1.807) is 59.5 Å². The summed E-state index contributed by atoms with van der Waals surface area (Å²) >= 11 is 0. The van der Waals surface area contributed by atoms with Crippen LogP contribution in [0.4, 0.5) is 0 Å². The topological polar surface area (TPSA) is 83.1 Å². The Labute approximate surface area is 151 Å². The molecule has 1 aromatic heterocycles. The van der Waals surface area contributed by atoms with Gasteiger partial charge in [-0.25, -0.2) is 13.4 Å². The van der Waals surface area contributed by atoms with Crippen LogP contribution < -0.4 is 0 Å². The Hall–Kier alpha value is -2.67. The van der Waals surface area contributed by atoms with Gasteiger partial charge in [-0.15, -0.1) is 0 Å². The minimum atomic E-state index is -4.01. The van der Waals surface area contributed by atoms with Crippen molar-refractivity contribution in [3.63, 3.8) is 0 Å². The van der Waals surface area contributed by atoms with Gasteiger partial charge in [0, 0.05) is 13.1 Å². The van der Waals surface area contributed by atoms with Gasteiger partial charge in [0.05, 0.1) is 11.0 Å². The van der Waals surface area contributed by atoms with Gasteiger partial charge in [-0.2, -0.15) is 0 Å². The lowest BCUT2D eigenvalue weighted by atomic mass is 10.1. The molecule has 0 unspecified atom stereocenters. The van der Waals surface area contributed by atoms with Crippen molar-refractivity contribution in [1.29, 1.82) is 0 Å². The van der Waals surface area contributed by atoms with E-state index in [-0.39, 0.29) is 11.1 Å². The van der Waals surface area contributed by atoms with E-state index >= 15 is 0 Å². The summed E-state index contributed by atoms with van der Waals surface area (Å²) in [5, 5.41) is -1.46. The second-order valence-corrected chi connectivity index (χ2v) is 8.38. The van der Waals surface area contributed by atoms with Gasteiger partial charge in [0.2, 0.25) is 20.9 Å². The Kier molecular flexibility index (Phi) is 4.24. The number of aromatic nitrogens is 2. The number of benzene rings is 2. The molecule has 0 saturated carbocycles. The molecule has 7 heteroatoms. The molecule has 1 fully saturated rings. The van der Waals surface area contributed by atoms with Crippen LogP contribution in [0.25, 0.3) is 11.0 Å². The molecule has 1 amide bonds. The van der Waals surface area contributed by atoms with Crippen LogP contribution in [0.15, 0.2) is 59.8 Å². The van der Waals surface area contributed by atoms with Crippen LogP contribution in [0.3, 0.4) is 0 Å². The van der Waals surface area contributed by atoms with Gasteiger partial charge in [0.25, 0.3) is 0 Å². The molecule has 0 bridgehead atoms. The zero-order valence-electron chi connectivity index (χ0n) is 14.1. The molecule has 1 aliphatic rings. The molecular formula is C19H19N3O3S. The van der Waals surface area contributed by atoms with Crippen LogP contribution in [-0.2, 0) is 14.6 Å². The zero-order chi connectivity index (χ0) is 18.1. The Morgan fingerprint density at radius 3 is 2.35 bits per heavy atom. The van der Waals surface area contributed by atoms with E-state index in [4.69, 9.17) is 0 Å². The van der Waals surface area contributed by atoms with Crippen LogP contribution in [0.5, 0.6) is 0 Å². The number of nitrogens with zero attached hydrogens (tertiary/aromatic N) is 2. The number of carbonyl (C=O) groups is 1. The van der Waals surface area contributed by atoms with E-state index in [0.717, 1.165) is 12.8 Å². The van der Waals surface area contributed by atoms with Crippen molar-refractivity contribution in [3.8, 4) is 0 Å². The van der Waals surface area contributed by atoms with Crippen molar-refractivity contribution in [2.45, 2.75) is 23.2 Å². The van der Waals surface area contributed by atoms with Gasteiger partial charge in [0.15, 0.2) is 5.25 Å². The van der Waals surface area contributed by atoms with Gasteiger partial charge in [-0.1, -0.05) is 42.5 Å². The van der Waals surface area contributed by atoms with Crippen LogP contribution in [0.2, 0.25) is 0 Å². The number of fused-ring (bicyclic) bond motifs is 1. The Bertz CT molecular complexity index is 1010. The summed E-state index contributed by atoms with van der Waals surface area (Å²) in [7, 11) is -4.01. The van der Waals surface area contributed by atoms with Gasteiger partial charge in [0.1, 0.15) is 0 Å². The fourth-order valence-electron chi connectivity index (χ4n) is 3.36. The van der Waals surface area contributed by atoms with Gasteiger partial charge < -0.3 is 9.88 Å². The number of likely N-dealkylation sites (tertiary alicyclic amines) is 1. The summed E-state index contributed by atoms with van der Waals surface area (Å²) < 4.78 is 26.7. The average Bonchev–Trinajstić information content (AvgIpc) is 3.32. The highest BCUT2D eigenvalue weighted by molar-refractivity contribution is 7.92. The molecule has 0 aliphatic carbocycles. The number of para-hydroxylation sites is 2. The highest BCUT2D eigenvalue weighted by atomic mass is 32.2. The van der Waals surface area contributed by atoms with Crippen LogP contribution in [0.1, 0.15) is 23.7 Å². The number of hydrogen-bond donors (Lipinski definition) is 1. The van der Waals surface area contributed by atoms with Crippen molar-refractivity contribution in [1.82, 2.24) is 14.9 Å². The molecule has 1 saturated heterocycles. The number of aromatic amines is 1. The maximum atomic E-state index is 13.4. The number of amides is 1. The number of rotatable bonds is 4. The van der Waals surface area contributed by atoms with Crippen molar-refractivity contribution >= 4 is 26.8 Å². The molecule has 6 nitrogen and oxygen atoms in total. The molecule has 1 aliphatic heterocycles. The molecular weight excluding hydrogens is 350 g/mol. The van der Waals surface area contributed by atoms with Gasteiger partial charge in [-0.05, 0) is 30.5 Å². The first kappa shape index (κ1) is 16.8. The lowest BCUT2D eigenvalue weighted by Crippen LogP contribution is -2.36. The van der Waals surface area contributed by atoms with Crippen LogP contribution >= 0.6 is 0 Å². The summed E-state index contributed by atoms with van der Waals surface area (Å²) in [6, 6.07) is 15.8. The van der Waals surface area contributed by atoms with Crippen LogP contribution in [0, 0.1) is 0 Å². The Morgan fingerprint density at radius 1 is 1.00 bits per heavy atom. The van der Waals surface area contributed by atoms with E-state index < -0.39 is 15.1 Å². The second-order valence-electron chi connectivity index (χ2n) is 6.43. The third kappa shape index (κ3) is 2.88. The largest absolute Gasteiger partial charge is 0.341 e. The number of carbonyl (C=O) groups excluding carboxylic acids is 1. The first-order valence-electron chi connectivity index (χ1n) is 8.60. The quantitative estimate of drug-likeness (QED) is 0.766. The molecule has 3 aromatic rings. The standard InChI is InChI=1S/C19H19N3O3S/c23-18(22-12-6-7-13-22)17(14-8-2-1-3-9-14)26(24,25)19-20-15-10-4-5-11-16(15)21-19/h1-5,8-11,17H,6-7,12-13H2,(H,20,21)/t17-/m0/s1. The number of H-pyrrole nitrogens is 1. The first-order valence-corrected chi connectivity index (χ1v) is 10.1. The minimum absolute atomic E-state index is 0.167. The van der Waals surface area contributed by atoms with Crippen molar-refractivity contribution in [3.05, 3.63) is 60.2 Å². The van der Waals surface area contributed by atoms with E-state index in [1.165, 1.54) is 0 Å². The SMILES string of the molecule is O=C([C@H](c1ccccc1)S(=O)(=O)c1nc2ccccc2[nH]1)N1CCCC1. The van der Waals surface area contributed by atoms with E-state index in [2.05, 4.69) is 9.97 Å². The van der Waals surface area contributed by atoms with Crippen molar-refractivity contribution in [2.24, 2.45) is 0 Å². The second kappa shape index (κ2) is 6.57. The molecule has 4 rings (SSSR count). The zero-order valence-corrected chi connectivity index (χ0v) is 14.9. The molecule has 26 heavy (non-hydrogen) atoms. The third-order valence-corrected chi connectivity index (χ3v) is 6.52. The van der Waals surface area contributed by atoms with E-state index in [9.17, 15) is 13.2 Å². The van der Waals surface area contributed by atoms with Gasteiger partial charge in [-0.3, -0.25) is 4.79 Å². The summed E-state index contributed by atoms with van der Waals surface area (Å²) in [5.74, 6) is -0.380. The highest BCUT2D eigenvalue weighted by Crippen LogP contribution is 2.31. The molecule has 2 heterocycles. The monoisotopic (exact) mass is 369 g/mol. The Balaban J connectivity index is 1.82. The fourth-order valence-corrected chi connectivity index (χ4v) is 4.99. The number of sulfone groups is 1. The molecule has 0 spiro atoms. The predicted octanol–water partition coefficient (Wildman–Crippen LogP) is 2.70. The summed E-state index contributed by atoms with van der Waals surface area (Å²) in [5.41, 5.74) is 1.66. The number of nitrogens with one attached hydrogen (secondary N) is 1. The normalized spacial score (nSPS) is 16.1. The average molecular weight is 369 g/mol. The Morgan fingerprint density at radius 2 is 1.65 bits per heavy atom. The van der Waals surface area contributed by atoms with Crippen molar-refractivity contribution in [2.75, 3.05) is 13.1 Å². The maximum Gasteiger partial charge on any atom is 0.245 e. The summed E-state index contributed by atoms with van der Waals surface area (Å²) in [4.78, 5) is 21.8. The fraction of sp³-hybridized carbons (Fsp3) is 0.263. The molecule has 134 valence electrons.